The largest absolute Gasteiger partial charge is 0.408 e. The quantitative estimate of drug-likeness (QED) is 0.852. The Morgan fingerprint density at radius 2 is 1.76 bits per heavy atom. The van der Waals surface area contributed by atoms with Crippen molar-refractivity contribution in [3.8, 4) is 11.3 Å². The van der Waals surface area contributed by atoms with Crippen LogP contribution in [-0.2, 0) is 6.54 Å². The van der Waals surface area contributed by atoms with Crippen LogP contribution in [0.4, 0.5) is 13.2 Å². The van der Waals surface area contributed by atoms with Crippen molar-refractivity contribution in [1.29, 1.82) is 0 Å². The van der Waals surface area contributed by atoms with E-state index in [9.17, 15) is 18.0 Å². The van der Waals surface area contributed by atoms with E-state index in [1.165, 1.54) is 6.20 Å². The van der Waals surface area contributed by atoms with Crippen LogP contribution in [0.15, 0.2) is 36.5 Å². The SMILES string of the molecule is CN1CCN(C(=O)c2cnn(CC(F)(F)F)c2-c2ccccc2)CC1. The Hall–Kier alpha value is -2.35. The van der Waals surface area contributed by atoms with E-state index in [0.717, 1.165) is 17.8 Å². The number of rotatable bonds is 3. The van der Waals surface area contributed by atoms with Crippen molar-refractivity contribution in [2.24, 2.45) is 0 Å². The van der Waals surface area contributed by atoms with E-state index < -0.39 is 12.7 Å². The fourth-order valence-corrected chi connectivity index (χ4v) is 2.91. The summed E-state index contributed by atoms with van der Waals surface area (Å²) in [6.07, 6.45) is -3.17. The van der Waals surface area contributed by atoms with Crippen molar-refractivity contribution in [3.05, 3.63) is 42.1 Å². The third-order valence-electron chi connectivity index (χ3n) is 4.24. The summed E-state index contributed by atoms with van der Waals surface area (Å²) in [5.41, 5.74) is 0.962. The van der Waals surface area contributed by atoms with E-state index in [1.807, 2.05) is 7.05 Å². The van der Waals surface area contributed by atoms with Crippen molar-refractivity contribution in [2.45, 2.75) is 12.7 Å². The number of hydrogen-bond donors (Lipinski definition) is 0. The topological polar surface area (TPSA) is 41.4 Å². The fourth-order valence-electron chi connectivity index (χ4n) is 2.91. The van der Waals surface area contributed by atoms with Gasteiger partial charge in [-0.1, -0.05) is 30.3 Å². The molecule has 5 nitrogen and oxygen atoms in total. The Balaban J connectivity index is 1.97. The second kappa shape index (κ2) is 6.87. The van der Waals surface area contributed by atoms with Gasteiger partial charge in [-0.3, -0.25) is 9.48 Å². The molecule has 1 aliphatic rings. The molecule has 0 bridgehead atoms. The van der Waals surface area contributed by atoms with Crippen LogP contribution >= 0.6 is 0 Å². The van der Waals surface area contributed by atoms with E-state index in [4.69, 9.17) is 0 Å². The van der Waals surface area contributed by atoms with Gasteiger partial charge in [-0.25, -0.2) is 0 Å². The highest BCUT2D eigenvalue weighted by Gasteiger charge is 2.32. The molecule has 0 spiro atoms. The highest BCUT2D eigenvalue weighted by molar-refractivity contribution is 6.00. The molecule has 1 fully saturated rings. The molecule has 0 atom stereocenters. The van der Waals surface area contributed by atoms with Crippen molar-refractivity contribution < 1.29 is 18.0 Å². The summed E-state index contributed by atoms with van der Waals surface area (Å²) in [7, 11) is 1.97. The molecule has 25 heavy (non-hydrogen) atoms. The lowest BCUT2D eigenvalue weighted by Gasteiger charge is -2.32. The number of carbonyl (C=O) groups is 1. The van der Waals surface area contributed by atoms with Gasteiger partial charge in [0.25, 0.3) is 5.91 Å². The molecule has 1 amide bonds. The molecule has 8 heteroatoms. The first kappa shape index (κ1) is 17.5. The number of hydrogen-bond acceptors (Lipinski definition) is 3. The standard InChI is InChI=1S/C17H19F3N4O/c1-22-7-9-23(10-8-22)16(25)14-11-21-24(12-17(18,19)20)15(14)13-5-3-2-4-6-13/h2-6,11H,7-10,12H2,1H3. The van der Waals surface area contributed by atoms with E-state index in [-0.39, 0.29) is 17.2 Å². The molecule has 1 aromatic heterocycles. The van der Waals surface area contributed by atoms with Crippen LogP contribution in [0, 0.1) is 0 Å². The van der Waals surface area contributed by atoms with Gasteiger partial charge in [0, 0.05) is 31.7 Å². The zero-order chi connectivity index (χ0) is 18.0. The Morgan fingerprint density at radius 1 is 1.12 bits per heavy atom. The van der Waals surface area contributed by atoms with Crippen LogP contribution in [-0.4, -0.2) is 64.9 Å². The second-order valence-corrected chi connectivity index (χ2v) is 6.14. The number of aromatic nitrogens is 2. The van der Waals surface area contributed by atoms with Crippen LogP contribution in [0.5, 0.6) is 0 Å². The summed E-state index contributed by atoms with van der Waals surface area (Å²) < 4.78 is 39.5. The van der Waals surface area contributed by atoms with Crippen LogP contribution in [0.25, 0.3) is 11.3 Å². The summed E-state index contributed by atoms with van der Waals surface area (Å²) in [5.74, 6) is -0.277. The molecular formula is C17H19F3N4O. The van der Waals surface area contributed by atoms with Gasteiger partial charge in [0.2, 0.25) is 0 Å². The third-order valence-corrected chi connectivity index (χ3v) is 4.24. The third kappa shape index (κ3) is 4.01. The highest BCUT2D eigenvalue weighted by Crippen LogP contribution is 2.28. The van der Waals surface area contributed by atoms with Gasteiger partial charge in [0.05, 0.1) is 17.5 Å². The lowest BCUT2D eigenvalue weighted by atomic mass is 10.1. The number of carbonyl (C=O) groups excluding carboxylic acids is 1. The molecule has 1 aliphatic heterocycles. The number of benzene rings is 1. The highest BCUT2D eigenvalue weighted by atomic mass is 19.4. The second-order valence-electron chi connectivity index (χ2n) is 6.14. The van der Waals surface area contributed by atoms with Crippen LogP contribution in [0.2, 0.25) is 0 Å². The summed E-state index contributed by atoms with van der Waals surface area (Å²) >= 11 is 0. The average molecular weight is 352 g/mol. The molecule has 1 aromatic carbocycles. The normalized spacial score (nSPS) is 16.2. The average Bonchev–Trinajstić information content (AvgIpc) is 2.97. The molecule has 3 rings (SSSR count). The number of likely N-dealkylation sites (N-methyl/N-ethyl adjacent to an activating group) is 1. The number of alkyl halides is 3. The maximum Gasteiger partial charge on any atom is 0.408 e. The number of piperazine rings is 1. The first-order valence-corrected chi connectivity index (χ1v) is 8.01. The maximum absolute atomic E-state index is 12.9. The first-order chi connectivity index (χ1) is 11.8. The van der Waals surface area contributed by atoms with Gasteiger partial charge >= 0.3 is 6.18 Å². The molecule has 0 saturated carbocycles. The number of amides is 1. The van der Waals surface area contributed by atoms with Crippen molar-refractivity contribution in [3.63, 3.8) is 0 Å². The Labute approximate surface area is 143 Å². The van der Waals surface area contributed by atoms with E-state index in [2.05, 4.69) is 10.00 Å². The Kier molecular flexibility index (Phi) is 4.80. The number of halogens is 3. The van der Waals surface area contributed by atoms with E-state index >= 15 is 0 Å². The molecule has 0 unspecified atom stereocenters. The minimum atomic E-state index is -4.41. The molecule has 0 radical (unpaired) electrons. The van der Waals surface area contributed by atoms with E-state index in [1.54, 1.807) is 35.2 Å². The predicted molar refractivity (Wildman–Crippen MR) is 87.1 cm³/mol. The van der Waals surface area contributed by atoms with E-state index in [0.29, 0.717) is 18.7 Å². The lowest BCUT2D eigenvalue weighted by Crippen LogP contribution is -2.47. The van der Waals surface area contributed by atoms with Gasteiger partial charge < -0.3 is 9.80 Å². The summed E-state index contributed by atoms with van der Waals surface area (Å²) in [4.78, 5) is 16.6. The minimum absolute atomic E-state index is 0.208. The predicted octanol–water partition coefficient (Wildman–Crippen LogP) is 2.50. The fraction of sp³-hybridized carbons (Fsp3) is 0.412. The Morgan fingerprint density at radius 3 is 2.36 bits per heavy atom. The summed E-state index contributed by atoms with van der Waals surface area (Å²) in [6, 6.07) is 8.60. The zero-order valence-electron chi connectivity index (χ0n) is 13.8. The van der Waals surface area contributed by atoms with Crippen LogP contribution in [0.1, 0.15) is 10.4 Å². The van der Waals surface area contributed by atoms with Gasteiger partial charge in [0.15, 0.2) is 0 Å². The molecule has 2 heterocycles. The molecule has 0 aliphatic carbocycles. The molecule has 0 N–H and O–H groups in total. The van der Waals surface area contributed by atoms with Gasteiger partial charge in [-0.2, -0.15) is 18.3 Å². The smallest absolute Gasteiger partial charge is 0.336 e. The molecular weight excluding hydrogens is 333 g/mol. The molecule has 1 saturated heterocycles. The zero-order valence-corrected chi connectivity index (χ0v) is 13.8. The monoisotopic (exact) mass is 352 g/mol. The van der Waals surface area contributed by atoms with Crippen molar-refractivity contribution in [2.75, 3.05) is 33.2 Å². The molecule has 134 valence electrons. The van der Waals surface area contributed by atoms with Crippen LogP contribution in [0.3, 0.4) is 0 Å². The first-order valence-electron chi connectivity index (χ1n) is 8.01. The lowest BCUT2D eigenvalue weighted by molar-refractivity contribution is -0.142. The van der Waals surface area contributed by atoms with Crippen molar-refractivity contribution in [1.82, 2.24) is 19.6 Å². The molecule has 2 aromatic rings. The van der Waals surface area contributed by atoms with Gasteiger partial charge in [-0.15, -0.1) is 0 Å². The Bertz CT molecular complexity index is 734. The van der Waals surface area contributed by atoms with Gasteiger partial charge in [-0.05, 0) is 7.05 Å². The van der Waals surface area contributed by atoms with Crippen LogP contribution < -0.4 is 0 Å². The summed E-state index contributed by atoms with van der Waals surface area (Å²) in [6.45, 7) is 1.35. The summed E-state index contributed by atoms with van der Waals surface area (Å²) in [5, 5.41) is 3.85. The maximum atomic E-state index is 12.9. The minimum Gasteiger partial charge on any atom is -0.336 e. The number of nitrogens with zero attached hydrogens (tertiary/aromatic N) is 4. The van der Waals surface area contributed by atoms with Crippen molar-refractivity contribution >= 4 is 5.91 Å². The van der Waals surface area contributed by atoms with Gasteiger partial charge in [0.1, 0.15) is 6.54 Å².